The molecule has 1 unspecified atom stereocenters. The molecule has 0 saturated heterocycles. The molecule has 0 aromatic carbocycles. The van der Waals surface area contributed by atoms with Gasteiger partial charge in [0.1, 0.15) is 6.10 Å². The maximum Gasteiger partial charge on any atom is 0.331 e. The molecule has 182 valence electrons. The van der Waals surface area contributed by atoms with Crippen molar-refractivity contribution in [1.29, 1.82) is 0 Å². The van der Waals surface area contributed by atoms with Crippen LogP contribution < -0.4 is 0 Å². The van der Waals surface area contributed by atoms with Gasteiger partial charge >= 0.3 is 11.9 Å². The second kappa shape index (κ2) is 19.3. The van der Waals surface area contributed by atoms with Crippen molar-refractivity contribution in [2.45, 2.75) is 116 Å². The van der Waals surface area contributed by atoms with Gasteiger partial charge in [-0.3, -0.25) is 4.55 Å². The van der Waals surface area contributed by atoms with E-state index in [0.29, 0.717) is 18.9 Å². The first-order chi connectivity index (χ1) is 14.7. The molecular formula is C23H42O7S. The summed E-state index contributed by atoms with van der Waals surface area (Å²) in [6.07, 6.45) is 18.2. The van der Waals surface area contributed by atoms with Crippen molar-refractivity contribution in [3.05, 3.63) is 12.2 Å². The third-order valence-corrected chi connectivity index (χ3v) is 6.01. The van der Waals surface area contributed by atoms with Crippen molar-refractivity contribution in [2.24, 2.45) is 0 Å². The highest BCUT2D eigenvalue weighted by molar-refractivity contribution is 7.85. The molecule has 0 aliphatic carbocycles. The van der Waals surface area contributed by atoms with Gasteiger partial charge in [0.2, 0.25) is 0 Å². The molecule has 0 radical (unpaired) electrons. The summed E-state index contributed by atoms with van der Waals surface area (Å²) in [7, 11) is -4.05. The van der Waals surface area contributed by atoms with Crippen molar-refractivity contribution in [3.8, 4) is 0 Å². The second-order valence-electron chi connectivity index (χ2n) is 8.19. The first kappa shape index (κ1) is 29.6. The van der Waals surface area contributed by atoms with E-state index < -0.39 is 28.2 Å². The van der Waals surface area contributed by atoms with Crippen LogP contribution in [-0.2, 0) is 24.4 Å². The molecule has 0 bridgehead atoms. The molecule has 1 atom stereocenters. The molecule has 0 rings (SSSR count). The Labute approximate surface area is 188 Å². The maximum atomic E-state index is 11.7. The van der Waals surface area contributed by atoms with E-state index in [9.17, 15) is 18.0 Å². The lowest BCUT2D eigenvalue weighted by atomic mass is 10.0. The summed E-state index contributed by atoms with van der Waals surface area (Å²) in [5.41, 5.74) is 0. The number of hydrogen-bond acceptors (Lipinski definition) is 5. The Morgan fingerprint density at radius 1 is 0.774 bits per heavy atom. The summed E-state index contributed by atoms with van der Waals surface area (Å²) in [6.45, 7) is 2.23. The lowest BCUT2D eigenvalue weighted by Crippen LogP contribution is -2.18. The largest absolute Gasteiger partial charge is 0.478 e. The van der Waals surface area contributed by atoms with E-state index in [4.69, 9.17) is 14.4 Å². The molecule has 0 aromatic heterocycles. The van der Waals surface area contributed by atoms with Crippen LogP contribution >= 0.6 is 0 Å². The SMILES string of the molecule is CCCCCCCCCCCCCCCC(CCCS(=O)(=O)O)OC(=O)/C=C\C(=O)O. The minimum absolute atomic E-state index is 0.178. The Hall–Kier alpha value is -1.41. The minimum atomic E-state index is -4.05. The van der Waals surface area contributed by atoms with Crippen LogP contribution in [0.3, 0.4) is 0 Å². The molecule has 0 amide bonds. The number of aliphatic carboxylic acids is 1. The van der Waals surface area contributed by atoms with Crippen molar-refractivity contribution < 1.29 is 32.4 Å². The third-order valence-electron chi connectivity index (χ3n) is 5.20. The molecule has 0 aliphatic heterocycles. The van der Waals surface area contributed by atoms with E-state index >= 15 is 0 Å². The van der Waals surface area contributed by atoms with Crippen LogP contribution in [0.4, 0.5) is 0 Å². The zero-order valence-electron chi connectivity index (χ0n) is 19.1. The van der Waals surface area contributed by atoms with Crippen molar-refractivity contribution >= 4 is 22.1 Å². The first-order valence-corrected chi connectivity index (χ1v) is 13.4. The molecule has 0 aromatic rings. The summed E-state index contributed by atoms with van der Waals surface area (Å²) in [6, 6.07) is 0. The fourth-order valence-electron chi connectivity index (χ4n) is 3.49. The van der Waals surface area contributed by atoms with E-state index in [0.717, 1.165) is 25.3 Å². The van der Waals surface area contributed by atoms with Crippen molar-refractivity contribution in [1.82, 2.24) is 0 Å². The van der Waals surface area contributed by atoms with Crippen LogP contribution in [-0.4, -0.2) is 41.9 Å². The van der Waals surface area contributed by atoms with Crippen molar-refractivity contribution in [3.63, 3.8) is 0 Å². The van der Waals surface area contributed by atoms with Gasteiger partial charge in [-0.15, -0.1) is 0 Å². The maximum absolute atomic E-state index is 11.7. The van der Waals surface area contributed by atoms with Gasteiger partial charge in [0.15, 0.2) is 0 Å². The Balaban J connectivity index is 3.97. The number of carbonyl (C=O) groups is 2. The monoisotopic (exact) mass is 462 g/mol. The quantitative estimate of drug-likeness (QED) is 0.0973. The highest BCUT2D eigenvalue weighted by Crippen LogP contribution is 2.16. The Kier molecular flexibility index (Phi) is 18.4. The number of carbonyl (C=O) groups excluding carboxylic acids is 1. The number of carboxylic acids is 1. The Morgan fingerprint density at radius 3 is 1.68 bits per heavy atom. The van der Waals surface area contributed by atoms with Crippen LogP contribution in [0.25, 0.3) is 0 Å². The number of esters is 1. The average molecular weight is 463 g/mol. The first-order valence-electron chi connectivity index (χ1n) is 11.8. The molecule has 0 heterocycles. The lowest BCUT2D eigenvalue weighted by molar-refractivity contribution is -0.144. The smallest absolute Gasteiger partial charge is 0.331 e. The van der Waals surface area contributed by atoms with Crippen LogP contribution in [0.1, 0.15) is 110 Å². The van der Waals surface area contributed by atoms with Crippen LogP contribution in [0, 0.1) is 0 Å². The number of hydrogen-bond donors (Lipinski definition) is 2. The molecule has 31 heavy (non-hydrogen) atoms. The van der Waals surface area contributed by atoms with Crippen molar-refractivity contribution in [2.75, 3.05) is 5.75 Å². The molecule has 2 N–H and O–H groups in total. The number of ether oxygens (including phenoxy) is 1. The topological polar surface area (TPSA) is 118 Å². The highest BCUT2D eigenvalue weighted by atomic mass is 32.2. The van der Waals surface area contributed by atoms with Gasteiger partial charge in [-0.05, 0) is 25.7 Å². The van der Waals surface area contributed by atoms with Gasteiger partial charge in [0.05, 0.1) is 5.75 Å². The molecule has 0 aliphatic rings. The number of rotatable bonds is 21. The van der Waals surface area contributed by atoms with Crippen LogP contribution in [0.5, 0.6) is 0 Å². The summed E-state index contributed by atoms with van der Waals surface area (Å²) in [5.74, 6) is -2.38. The number of carboxylic acid groups (broad SMARTS) is 1. The van der Waals surface area contributed by atoms with E-state index in [-0.39, 0.29) is 12.2 Å². The third kappa shape index (κ3) is 23.1. The lowest BCUT2D eigenvalue weighted by Gasteiger charge is -2.16. The minimum Gasteiger partial charge on any atom is -0.478 e. The molecule has 0 saturated carbocycles. The summed E-state index contributed by atoms with van der Waals surface area (Å²) < 4.78 is 35.8. The molecular weight excluding hydrogens is 420 g/mol. The fraction of sp³-hybridized carbons (Fsp3) is 0.826. The Bertz CT molecular complexity index is 599. The summed E-state index contributed by atoms with van der Waals surface area (Å²) in [5, 5.41) is 8.57. The Morgan fingerprint density at radius 2 is 1.23 bits per heavy atom. The standard InChI is InChI=1S/C23H42O7S/c1-2-3-4-5-6-7-8-9-10-11-12-13-14-16-21(17-15-20-31(27,28)29)30-23(26)19-18-22(24)25/h18-19,21H,2-17,20H2,1H3,(H,24,25)(H,27,28,29)/b19-18-. The molecule has 0 fully saturated rings. The molecule has 0 spiro atoms. The van der Waals surface area contributed by atoms with E-state index in [1.54, 1.807) is 0 Å². The van der Waals surface area contributed by atoms with E-state index in [1.807, 2.05) is 0 Å². The second-order valence-corrected chi connectivity index (χ2v) is 9.76. The van der Waals surface area contributed by atoms with E-state index in [1.165, 1.54) is 64.2 Å². The van der Waals surface area contributed by atoms with Gasteiger partial charge in [0, 0.05) is 12.2 Å². The normalized spacial score (nSPS) is 12.8. The predicted molar refractivity (Wildman–Crippen MR) is 123 cm³/mol. The van der Waals surface area contributed by atoms with Gasteiger partial charge in [-0.25, -0.2) is 9.59 Å². The molecule has 7 nitrogen and oxygen atoms in total. The van der Waals surface area contributed by atoms with Gasteiger partial charge in [0.25, 0.3) is 10.1 Å². The zero-order valence-corrected chi connectivity index (χ0v) is 19.9. The summed E-state index contributed by atoms with van der Waals surface area (Å²) >= 11 is 0. The average Bonchev–Trinajstić information content (AvgIpc) is 2.68. The van der Waals surface area contributed by atoms with Crippen LogP contribution in [0.15, 0.2) is 12.2 Å². The van der Waals surface area contributed by atoms with Gasteiger partial charge in [-0.1, -0.05) is 84.0 Å². The van der Waals surface area contributed by atoms with Crippen LogP contribution in [0.2, 0.25) is 0 Å². The van der Waals surface area contributed by atoms with Gasteiger partial charge in [-0.2, -0.15) is 8.42 Å². The van der Waals surface area contributed by atoms with Gasteiger partial charge < -0.3 is 9.84 Å². The predicted octanol–water partition coefficient (Wildman–Crippen LogP) is 5.69. The molecule has 8 heteroatoms. The highest BCUT2D eigenvalue weighted by Gasteiger charge is 2.15. The zero-order chi connectivity index (χ0) is 23.4. The van der Waals surface area contributed by atoms with E-state index in [2.05, 4.69) is 6.92 Å². The summed E-state index contributed by atoms with van der Waals surface area (Å²) in [4.78, 5) is 22.2. The fourth-order valence-corrected chi connectivity index (χ4v) is 4.02. The number of unbranched alkanes of at least 4 members (excludes halogenated alkanes) is 12.